The number of nitrogens with zero attached hydrogens (tertiary/aromatic N) is 2. The van der Waals surface area contributed by atoms with Gasteiger partial charge in [0, 0.05) is 16.5 Å². The van der Waals surface area contributed by atoms with Crippen molar-refractivity contribution in [2.24, 2.45) is 11.8 Å². The standard InChI is InChI=1S/C18H20ClN3O2S.ClH/c1-24-16(23)9-25-18-21-14-5-4-12(19)8-13(14)17(22-18)20-15-7-10-2-3-11(15)6-10;/h4-5,8,10-11,15H,2-3,6-7,9H2,1H3,(H,20,21,22);1H. The first-order valence-electron chi connectivity index (χ1n) is 8.56. The van der Waals surface area contributed by atoms with Gasteiger partial charge in [-0.15, -0.1) is 12.4 Å². The molecular weight excluding hydrogens is 393 g/mol. The number of ether oxygens (including phenoxy) is 1. The molecule has 2 aliphatic rings. The molecule has 1 aromatic heterocycles. The Kier molecular flexibility index (Phi) is 6.15. The molecule has 0 radical (unpaired) electrons. The van der Waals surface area contributed by atoms with Crippen LogP contribution < -0.4 is 5.32 Å². The number of aromatic nitrogens is 2. The first-order chi connectivity index (χ1) is 12.1. The SMILES string of the molecule is COC(=O)CSc1nc(NC2CC3CCC2C3)c2cc(Cl)ccc2n1.Cl. The molecule has 0 aliphatic heterocycles. The van der Waals surface area contributed by atoms with Crippen molar-refractivity contribution >= 4 is 58.5 Å². The summed E-state index contributed by atoms with van der Waals surface area (Å²) < 4.78 is 4.70. The summed E-state index contributed by atoms with van der Waals surface area (Å²) in [5.41, 5.74) is 0.831. The molecule has 0 amide bonds. The number of methoxy groups -OCH3 is 1. The van der Waals surface area contributed by atoms with Gasteiger partial charge in [-0.3, -0.25) is 4.79 Å². The number of halogens is 2. The minimum absolute atomic E-state index is 0. The molecule has 5 nitrogen and oxygen atoms in total. The fourth-order valence-corrected chi connectivity index (χ4v) is 4.89. The molecule has 0 saturated heterocycles. The van der Waals surface area contributed by atoms with Gasteiger partial charge in [0.15, 0.2) is 5.16 Å². The molecule has 140 valence electrons. The minimum atomic E-state index is -0.285. The van der Waals surface area contributed by atoms with Crippen molar-refractivity contribution in [3.8, 4) is 0 Å². The maximum Gasteiger partial charge on any atom is 0.316 e. The van der Waals surface area contributed by atoms with Crippen molar-refractivity contribution in [1.82, 2.24) is 9.97 Å². The number of hydrogen-bond donors (Lipinski definition) is 1. The quantitative estimate of drug-likeness (QED) is 0.439. The van der Waals surface area contributed by atoms with Gasteiger partial charge < -0.3 is 10.1 Å². The highest BCUT2D eigenvalue weighted by atomic mass is 35.5. The van der Waals surface area contributed by atoms with Crippen LogP contribution in [0.5, 0.6) is 0 Å². The lowest BCUT2D eigenvalue weighted by Gasteiger charge is -2.24. The van der Waals surface area contributed by atoms with Crippen molar-refractivity contribution in [2.45, 2.75) is 36.9 Å². The Morgan fingerprint density at radius 2 is 2.19 bits per heavy atom. The molecule has 26 heavy (non-hydrogen) atoms. The van der Waals surface area contributed by atoms with E-state index in [1.54, 1.807) is 0 Å². The van der Waals surface area contributed by atoms with Gasteiger partial charge in [0.2, 0.25) is 0 Å². The summed E-state index contributed by atoms with van der Waals surface area (Å²) in [6.45, 7) is 0. The molecule has 2 bridgehead atoms. The zero-order valence-corrected chi connectivity index (χ0v) is 16.8. The zero-order valence-electron chi connectivity index (χ0n) is 14.4. The molecule has 2 saturated carbocycles. The summed E-state index contributed by atoms with van der Waals surface area (Å²) in [6, 6.07) is 6.09. The van der Waals surface area contributed by atoms with Crippen molar-refractivity contribution in [3.63, 3.8) is 0 Å². The number of nitrogens with one attached hydrogen (secondary N) is 1. The predicted octanol–water partition coefficient (Wildman–Crippen LogP) is 4.57. The number of thioether (sulfide) groups is 1. The second kappa shape index (κ2) is 8.19. The Hall–Kier alpha value is -1.24. The van der Waals surface area contributed by atoms with Gasteiger partial charge in [-0.05, 0) is 49.3 Å². The Labute approximate surface area is 168 Å². The largest absolute Gasteiger partial charge is 0.468 e. The van der Waals surface area contributed by atoms with Crippen LogP contribution in [-0.2, 0) is 9.53 Å². The third-order valence-corrected chi connectivity index (χ3v) is 6.30. The van der Waals surface area contributed by atoms with E-state index in [1.165, 1.54) is 44.6 Å². The smallest absolute Gasteiger partial charge is 0.316 e. The highest BCUT2D eigenvalue weighted by molar-refractivity contribution is 7.99. The van der Waals surface area contributed by atoms with Crippen LogP contribution in [0.2, 0.25) is 5.02 Å². The Balaban J connectivity index is 0.00000196. The average Bonchev–Trinajstić information content (AvgIpc) is 3.23. The number of benzene rings is 1. The summed E-state index contributed by atoms with van der Waals surface area (Å²) >= 11 is 7.47. The van der Waals surface area contributed by atoms with Crippen molar-refractivity contribution < 1.29 is 9.53 Å². The number of anilines is 1. The number of carbonyl (C=O) groups excluding carboxylic acids is 1. The number of fused-ring (bicyclic) bond motifs is 3. The molecule has 4 rings (SSSR count). The number of esters is 1. The average molecular weight is 414 g/mol. The van der Waals surface area contributed by atoms with Crippen LogP contribution in [0, 0.1) is 11.8 Å². The van der Waals surface area contributed by atoms with Crippen LogP contribution in [0.3, 0.4) is 0 Å². The molecule has 2 aliphatic carbocycles. The van der Waals surface area contributed by atoms with Crippen LogP contribution in [0.25, 0.3) is 10.9 Å². The lowest BCUT2D eigenvalue weighted by Crippen LogP contribution is -2.26. The fraction of sp³-hybridized carbons (Fsp3) is 0.500. The van der Waals surface area contributed by atoms with E-state index in [4.69, 9.17) is 16.3 Å². The fourth-order valence-electron chi connectivity index (χ4n) is 4.03. The Bertz CT molecular complexity index is 820. The highest BCUT2D eigenvalue weighted by Crippen LogP contribution is 2.45. The lowest BCUT2D eigenvalue weighted by molar-refractivity contribution is -0.137. The van der Waals surface area contributed by atoms with Gasteiger partial charge in [-0.2, -0.15) is 0 Å². The summed E-state index contributed by atoms with van der Waals surface area (Å²) in [7, 11) is 1.38. The Morgan fingerprint density at radius 1 is 1.35 bits per heavy atom. The van der Waals surface area contributed by atoms with E-state index in [0.717, 1.165) is 28.6 Å². The van der Waals surface area contributed by atoms with E-state index in [-0.39, 0.29) is 24.1 Å². The van der Waals surface area contributed by atoms with E-state index >= 15 is 0 Å². The lowest BCUT2D eigenvalue weighted by atomic mass is 9.95. The molecule has 1 aromatic carbocycles. The molecule has 1 N–H and O–H groups in total. The number of hydrogen-bond acceptors (Lipinski definition) is 6. The van der Waals surface area contributed by atoms with Gasteiger partial charge >= 0.3 is 5.97 Å². The van der Waals surface area contributed by atoms with Gasteiger partial charge in [0.25, 0.3) is 0 Å². The zero-order chi connectivity index (χ0) is 17.4. The van der Waals surface area contributed by atoms with Crippen LogP contribution >= 0.6 is 35.8 Å². The van der Waals surface area contributed by atoms with Crippen LogP contribution in [0.4, 0.5) is 5.82 Å². The first-order valence-corrected chi connectivity index (χ1v) is 9.92. The predicted molar refractivity (Wildman–Crippen MR) is 107 cm³/mol. The summed E-state index contributed by atoms with van der Waals surface area (Å²) in [4.78, 5) is 20.6. The summed E-state index contributed by atoms with van der Waals surface area (Å²) in [5.74, 6) is 2.32. The number of rotatable bonds is 5. The molecule has 8 heteroatoms. The molecule has 2 aromatic rings. The van der Waals surface area contributed by atoms with E-state index in [0.29, 0.717) is 16.2 Å². The van der Waals surface area contributed by atoms with Crippen LogP contribution in [0.1, 0.15) is 25.7 Å². The van der Waals surface area contributed by atoms with Crippen molar-refractivity contribution in [3.05, 3.63) is 23.2 Å². The van der Waals surface area contributed by atoms with E-state index < -0.39 is 0 Å². The maximum absolute atomic E-state index is 11.4. The summed E-state index contributed by atoms with van der Waals surface area (Å²) in [6.07, 6.45) is 5.20. The summed E-state index contributed by atoms with van der Waals surface area (Å²) in [5, 5.41) is 5.82. The third-order valence-electron chi connectivity index (χ3n) is 5.24. The van der Waals surface area contributed by atoms with Crippen LogP contribution in [-0.4, -0.2) is 34.8 Å². The molecular formula is C18H21Cl2N3O2S. The van der Waals surface area contributed by atoms with Gasteiger partial charge in [-0.1, -0.05) is 29.8 Å². The highest BCUT2D eigenvalue weighted by Gasteiger charge is 2.39. The third kappa shape index (κ3) is 4.02. The topological polar surface area (TPSA) is 64.1 Å². The molecule has 2 fully saturated rings. The van der Waals surface area contributed by atoms with Gasteiger partial charge in [0.05, 0.1) is 18.4 Å². The van der Waals surface area contributed by atoms with Crippen LogP contribution in [0.15, 0.2) is 23.4 Å². The maximum atomic E-state index is 11.4. The molecule has 3 unspecified atom stereocenters. The van der Waals surface area contributed by atoms with E-state index in [9.17, 15) is 4.79 Å². The van der Waals surface area contributed by atoms with Gasteiger partial charge in [0.1, 0.15) is 5.82 Å². The normalized spacial score (nSPS) is 23.7. The Morgan fingerprint density at radius 3 is 2.88 bits per heavy atom. The van der Waals surface area contributed by atoms with E-state index in [2.05, 4.69) is 15.3 Å². The minimum Gasteiger partial charge on any atom is -0.468 e. The van der Waals surface area contributed by atoms with Gasteiger partial charge in [-0.25, -0.2) is 9.97 Å². The molecule has 1 heterocycles. The monoisotopic (exact) mass is 413 g/mol. The number of carbonyl (C=O) groups is 1. The van der Waals surface area contributed by atoms with Crippen molar-refractivity contribution in [2.75, 3.05) is 18.2 Å². The van der Waals surface area contributed by atoms with Crippen molar-refractivity contribution in [1.29, 1.82) is 0 Å². The molecule has 0 spiro atoms. The second-order valence-electron chi connectivity index (χ2n) is 6.81. The van der Waals surface area contributed by atoms with E-state index in [1.807, 2.05) is 18.2 Å². The molecule has 3 atom stereocenters. The first kappa shape index (κ1) is 19.5. The second-order valence-corrected chi connectivity index (χ2v) is 8.19.